The molecule has 5 heteroatoms. The van der Waals surface area contributed by atoms with E-state index in [1.807, 2.05) is 24.3 Å². The minimum absolute atomic E-state index is 0.122. The number of ether oxygens (including phenoxy) is 1. The highest BCUT2D eigenvalue weighted by Gasteiger charge is 2.21. The fourth-order valence-corrected chi connectivity index (χ4v) is 2.89. The normalized spacial score (nSPS) is 13.0. The van der Waals surface area contributed by atoms with Crippen LogP contribution >= 0.6 is 0 Å². The molecule has 0 aliphatic heterocycles. The molecule has 0 spiro atoms. The molecule has 5 nitrogen and oxygen atoms in total. The Morgan fingerprint density at radius 1 is 1.17 bits per heavy atom. The third-order valence-electron chi connectivity index (χ3n) is 4.26. The predicted molar refractivity (Wildman–Crippen MR) is 89.6 cm³/mol. The lowest BCUT2D eigenvalue weighted by molar-refractivity contribution is -0.144. The van der Waals surface area contributed by atoms with Gasteiger partial charge in [-0.1, -0.05) is 42.5 Å². The molecule has 0 radical (unpaired) electrons. The van der Waals surface area contributed by atoms with Crippen LogP contribution in [0.2, 0.25) is 0 Å². The second-order valence-corrected chi connectivity index (χ2v) is 5.88. The molecule has 2 N–H and O–H groups in total. The smallest absolute Gasteiger partial charge is 0.320 e. The minimum Gasteiger partial charge on any atom is -0.480 e. The molecule has 0 saturated heterocycles. The lowest BCUT2D eigenvalue weighted by Crippen LogP contribution is -2.37. The Morgan fingerprint density at radius 3 is 2.71 bits per heavy atom. The molecule has 2 aromatic carbocycles. The molecule has 0 amide bonds. The van der Waals surface area contributed by atoms with Gasteiger partial charge in [-0.05, 0) is 41.2 Å². The summed E-state index contributed by atoms with van der Waals surface area (Å²) in [6.45, 7) is 1.55. The molecule has 2 aromatic rings. The zero-order valence-electron chi connectivity index (χ0n) is 13.4. The number of rotatable bonds is 6. The number of carbonyl (C=O) groups excluding carboxylic acids is 1. The van der Waals surface area contributed by atoms with Gasteiger partial charge in [-0.25, -0.2) is 0 Å². The fraction of sp³-hybridized carbons (Fsp3) is 0.263. The van der Waals surface area contributed by atoms with E-state index in [4.69, 9.17) is 9.84 Å². The van der Waals surface area contributed by atoms with Crippen LogP contribution in [0.5, 0.6) is 0 Å². The number of hydrogen-bond acceptors (Lipinski definition) is 4. The molecule has 0 aromatic heterocycles. The summed E-state index contributed by atoms with van der Waals surface area (Å²) in [5.74, 6) is -1.46. The van der Waals surface area contributed by atoms with Crippen molar-refractivity contribution in [1.82, 2.24) is 5.32 Å². The maximum absolute atomic E-state index is 11.8. The summed E-state index contributed by atoms with van der Waals surface area (Å²) >= 11 is 0. The summed E-state index contributed by atoms with van der Waals surface area (Å²) < 4.78 is 5.29. The van der Waals surface area contributed by atoms with Crippen LogP contribution in [0.15, 0.2) is 42.5 Å². The first-order chi connectivity index (χ1) is 11.6. The number of nitrogens with one attached hydrogen (secondary N) is 1. The van der Waals surface area contributed by atoms with E-state index >= 15 is 0 Å². The third kappa shape index (κ3) is 3.31. The highest BCUT2D eigenvalue weighted by Crippen LogP contribution is 2.38. The van der Waals surface area contributed by atoms with Gasteiger partial charge in [0.2, 0.25) is 0 Å². The van der Waals surface area contributed by atoms with Gasteiger partial charge in [-0.3, -0.25) is 14.9 Å². The molecule has 0 fully saturated rings. The van der Waals surface area contributed by atoms with Crippen LogP contribution in [0, 0.1) is 0 Å². The first kappa shape index (κ1) is 16.2. The summed E-state index contributed by atoms with van der Waals surface area (Å²) in [5, 5.41) is 11.4. The van der Waals surface area contributed by atoms with Gasteiger partial charge in [0.05, 0.1) is 6.54 Å². The van der Waals surface area contributed by atoms with Gasteiger partial charge in [-0.2, -0.15) is 0 Å². The lowest BCUT2D eigenvalue weighted by Gasteiger charge is -2.11. The van der Waals surface area contributed by atoms with Crippen LogP contribution in [0.25, 0.3) is 11.1 Å². The van der Waals surface area contributed by atoms with Crippen molar-refractivity contribution in [3.05, 3.63) is 59.2 Å². The molecule has 124 valence electrons. The van der Waals surface area contributed by atoms with Crippen molar-refractivity contribution in [2.45, 2.75) is 26.0 Å². The van der Waals surface area contributed by atoms with Crippen LogP contribution in [0.4, 0.5) is 0 Å². The number of carbonyl (C=O) groups is 2. The van der Waals surface area contributed by atoms with E-state index in [0.29, 0.717) is 0 Å². The standard InChI is InChI=1S/C19H19NO4/c1-12(19(22)23)20-10-18(21)24-11-14-6-4-8-16-15-7-3-2-5-13(15)9-17(14)16/h2-8,12,20H,9-11H2,1H3,(H,22,23)/t12-/m0/s1. The molecule has 0 unspecified atom stereocenters. The number of esters is 1. The first-order valence-corrected chi connectivity index (χ1v) is 7.87. The second-order valence-electron chi connectivity index (χ2n) is 5.88. The molecular weight excluding hydrogens is 306 g/mol. The van der Waals surface area contributed by atoms with Crippen molar-refractivity contribution in [1.29, 1.82) is 0 Å². The second kappa shape index (κ2) is 6.84. The van der Waals surface area contributed by atoms with E-state index in [-0.39, 0.29) is 13.2 Å². The molecule has 1 atom stereocenters. The topological polar surface area (TPSA) is 75.6 Å². The average Bonchev–Trinajstić information content (AvgIpc) is 2.97. The summed E-state index contributed by atoms with van der Waals surface area (Å²) in [5.41, 5.74) is 5.89. The van der Waals surface area contributed by atoms with E-state index in [1.165, 1.54) is 29.2 Å². The van der Waals surface area contributed by atoms with E-state index in [0.717, 1.165) is 12.0 Å². The fourth-order valence-electron chi connectivity index (χ4n) is 2.89. The SMILES string of the molecule is C[C@H](NCC(=O)OCc1cccc2c1Cc1ccccc1-2)C(=O)O. The maximum atomic E-state index is 11.8. The Kier molecular flexibility index (Phi) is 4.62. The highest BCUT2D eigenvalue weighted by atomic mass is 16.5. The monoisotopic (exact) mass is 325 g/mol. The van der Waals surface area contributed by atoms with Crippen LogP contribution in [0.1, 0.15) is 23.6 Å². The summed E-state index contributed by atoms with van der Waals surface area (Å²) in [6, 6.07) is 13.5. The lowest BCUT2D eigenvalue weighted by atomic mass is 10.0. The molecule has 24 heavy (non-hydrogen) atoms. The van der Waals surface area contributed by atoms with Crippen molar-refractivity contribution in [3.8, 4) is 11.1 Å². The largest absolute Gasteiger partial charge is 0.480 e. The summed E-state index contributed by atoms with van der Waals surface area (Å²) in [6.07, 6.45) is 0.841. The number of benzene rings is 2. The Morgan fingerprint density at radius 2 is 1.92 bits per heavy atom. The molecule has 0 bridgehead atoms. The molecular formula is C19H19NO4. The molecule has 1 aliphatic rings. The van der Waals surface area contributed by atoms with Gasteiger partial charge >= 0.3 is 11.9 Å². The van der Waals surface area contributed by atoms with Crippen LogP contribution in [0.3, 0.4) is 0 Å². The zero-order valence-corrected chi connectivity index (χ0v) is 13.4. The first-order valence-electron chi connectivity index (χ1n) is 7.87. The molecule has 3 rings (SSSR count). The van der Waals surface area contributed by atoms with Gasteiger partial charge in [0, 0.05) is 0 Å². The predicted octanol–water partition coefficient (Wildman–Crippen LogP) is 2.36. The van der Waals surface area contributed by atoms with E-state index in [9.17, 15) is 9.59 Å². The van der Waals surface area contributed by atoms with Gasteiger partial charge < -0.3 is 9.84 Å². The molecule has 0 heterocycles. The van der Waals surface area contributed by atoms with Crippen LogP contribution in [-0.2, 0) is 27.4 Å². The number of hydrogen-bond donors (Lipinski definition) is 2. The maximum Gasteiger partial charge on any atom is 0.320 e. The Hall–Kier alpha value is -2.66. The van der Waals surface area contributed by atoms with Crippen LogP contribution < -0.4 is 5.32 Å². The van der Waals surface area contributed by atoms with E-state index in [2.05, 4.69) is 23.5 Å². The molecule has 1 aliphatic carbocycles. The Labute approximate surface area is 140 Å². The van der Waals surface area contributed by atoms with Crippen LogP contribution in [-0.4, -0.2) is 29.6 Å². The van der Waals surface area contributed by atoms with Crippen molar-refractivity contribution >= 4 is 11.9 Å². The summed E-state index contributed by atoms with van der Waals surface area (Å²) in [7, 11) is 0. The number of carboxylic acid groups (broad SMARTS) is 1. The Balaban J connectivity index is 1.64. The molecule has 0 saturated carbocycles. The van der Waals surface area contributed by atoms with Crippen molar-refractivity contribution in [3.63, 3.8) is 0 Å². The number of fused-ring (bicyclic) bond motifs is 3. The summed E-state index contributed by atoms with van der Waals surface area (Å²) in [4.78, 5) is 22.5. The van der Waals surface area contributed by atoms with E-state index in [1.54, 1.807) is 0 Å². The van der Waals surface area contributed by atoms with Gasteiger partial charge in [-0.15, -0.1) is 0 Å². The van der Waals surface area contributed by atoms with Gasteiger partial charge in [0.1, 0.15) is 12.6 Å². The minimum atomic E-state index is -0.999. The van der Waals surface area contributed by atoms with Crippen molar-refractivity contribution < 1.29 is 19.4 Å². The van der Waals surface area contributed by atoms with Crippen molar-refractivity contribution in [2.24, 2.45) is 0 Å². The van der Waals surface area contributed by atoms with Gasteiger partial charge in [0.25, 0.3) is 0 Å². The number of aliphatic carboxylic acids is 1. The van der Waals surface area contributed by atoms with Gasteiger partial charge in [0.15, 0.2) is 0 Å². The quantitative estimate of drug-likeness (QED) is 0.681. The Bertz CT molecular complexity index is 785. The third-order valence-corrected chi connectivity index (χ3v) is 4.26. The van der Waals surface area contributed by atoms with E-state index < -0.39 is 18.0 Å². The average molecular weight is 325 g/mol. The number of carboxylic acids is 1. The zero-order chi connectivity index (χ0) is 17.1. The van der Waals surface area contributed by atoms with Crippen molar-refractivity contribution in [2.75, 3.05) is 6.54 Å². The highest BCUT2D eigenvalue weighted by molar-refractivity contribution is 5.78.